The topological polar surface area (TPSA) is 63.6 Å². The van der Waals surface area contributed by atoms with Crippen molar-refractivity contribution in [2.45, 2.75) is 45.4 Å². The lowest BCUT2D eigenvalue weighted by molar-refractivity contribution is -0.143. The molecule has 3 rings (SSSR count). The van der Waals surface area contributed by atoms with Crippen LogP contribution in [-0.4, -0.2) is 30.1 Å². The second-order valence-corrected chi connectivity index (χ2v) is 7.93. The summed E-state index contributed by atoms with van der Waals surface area (Å²) in [5.74, 6) is 0.386. The zero-order valence-corrected chi connectivity index (χ0v) is 15.8. The standard InChI is InChI=1S/C22H30O4/c1-3-4-10-18-19(15-8-6-5-7-9-15)20-16(12-23)11-17(13-26-14(2)24)21(20)22(18)25/h5-9,16-21,23H,3-4,10-13H2,1-2H3/t16-,17+,18-,19-,20+,21+/m0/s1. The Hall–Kier alpha value is -1.68. The van der Waals surface area contributed by atoms with Crippen LogP contribution in [0.3, 0.4) is 0 Å². The summed E-state index contributed by atoms with van der Waals surface area (Å²) in [5, 5.41) is 10.0. The van der Waals surface area contributed by atoms with E-state index in [2.05, 4.69) is 19.1 Å². The lowest BCUT2D eigenvalue weighted by Gasteiger charge is -2.27. The van der Waals surface area contributed by atoms with Crippen molar-refractivity contribution < 1.29 is 19.4 Å². The van der Waals surface area contributed by atoms with E-state index in [0.29, 0.717) is 12.4 Å². The number of benzene rings is 1. The number of unbranched alkanes of at least 4 members (excludes halogenated alkanes) is 1. The molecule has 0 unspecified atom stereocenters. The minimum Gasteiger partial charge on any atom is -0.466 e. The van der Waals surface area contributed by atoms with Crippen molar-refractivity contribution in [2.24, 2.45) is 29.6 Å². The number of carbonyl (C=O) groups is 2. The molecule has 2 fully saturated rings. The van der Waals surface area contributed by atoms with Crippen molar-refractivity contribution in [3.63, 3.8) is 0 Å². The number of hydrogen-bond donors (Lipinski definition) is 1. The lowest BCUT2D eigenvalue weighted by atomic mass is 9.76. The number of carbonyl (C=O) groups excluding carboxylic acids is 2. The Morgan fingerprint density at radius 1 is 1.19 bits per heavy atom. The van der Waals surface area contributed by atoms with E-state index in [0.717, 1.165) is 25.7 Å². The SMILES string of the molecule is CCCC[C@@H]1C(=O)[C@@H]2[C@@H](COC(C)=O)C[C@@H](CO)[C@@H]2[C@H]1c1ccccc1. The summed E-state index contributed by atoms with van der Waals surface area (Å²) < 4.78 is 5.26. The first-order chi connectivity index (χ1) is 12.6. The molecule has 0 heterocycles. The molecule has 26 heavy (non-hydrogen) atoms. The molecular formula is C22H30O4. The summed E-state index contributed by atoms with van der Waals surface area (Å²) in [6.45, 7) is 3.94. The first kappa shape index (κ1) is 19.1. The molecule has 2 aliphatic rings. The Bertz CT molecular complexity index is 626. The number of aliphatic hydroxyl groups excluding tert-OH is 1. The zero-order chi connectivity index (χ0) is 18.7. The van der Waals surface area contributed by atoms with Crippen molar-refractivity contribution in [2.75, 3.05) is 13.2 Å². The van der Waals surface area contributed by atoms with E-state index in [-0.39, 0.29) is 48.1 Å². The van der Waals surface area contributed by atoms with Crippen molar-refractivity contribution in [3.8, 4) is 0 Å². The second-order valence-electron chi connectivity index (χ2n) is 7.93. The number of rotatable bonds is 7. The summed E-state index contributed by atoms with van der Waals surface area (Å²) >= 11 is 0. The number of ether oxygens (including phenoxy) is 1. The van der Waals surface area contributed by atoms with Crippen LogP contribution in [-0.2, 0) is 14.3 Å². The van der Waals surface area contributed by atoms with Gasteiger partial charge in [0.15, 0.2) is 0 Å². The van der Waals surface area contributed by atoms with Gasteiger partial charge in [0.1, 0.15) is 5.78 Å². The van der Waals surface area contributed by atoms with E-state index in [1.165, 1.54) is 12.5 Å². The average Bonchev–Trinajstić information content (AvgIpc) is 3.14. The van der Waals surface area contributed by atoms with Gasteiger partial charge in [0.25, 0.3) is 0 Å². The molecule has 0 aromatic heterocycles. The third-order valence-corrected chi connectivity index (χ3v) is 6.40. The number of ketones is 1. The Kier molecular flexibility index (Phi) is 6.13. The predicted molar refractivity (Wildman–Crippen MR) is 99.5 cm³/mol. The van der Waals surface area contributed by atoms with Gasteiger partial charge in [-0.05, 0) is 36.2 Å². The molecule has 4 nitrogen and oxygen atoms in total. The van der Waals surface area contributed by atoms with Crippen LogP contribution in [0.4, 0.5) is 0 Å². The third-order valence-electron chi connectivity index (χ3n) is 6.40. The van der Waals surface area contributed by atoms with Gasteiger partial charge in [0.2, 0.25) is 0 Å². The highest BCUT2D eigenvalue weighted by molar-refractivity contribution is 5.88. The van der Waals surface area contributed by atoms with Crippen LogP contribution < -0.4 is 0 Å². The molecular weight excluding hydrogens is 328 g/mol. The molecule has 142 valence electrons. The second kappa shape index (κ2) is 8.34. The van der Waals surface area contributed by atoms with Gasteiger partial charge in [-0.25, -0.2) is 0 Å². The van der Waals surface area contributed by atoms with Crippen LogP contribution >= 0.6 is 0 Å². The number of esters is 1. The Morgan fingerprint density at radius 3 is 2.54 bits per heavy atom. The first-order valence-electron chi connectivity index (χ1n) is 9.91. The van der Waals surface area contributed by atoms with Crippen molar-refractivity contribution in [1.82, 2.24) is 0 Å². The molecule has 0 radical (unpaired) electrons. The third kappa shape index (κ3) is 3.57. The molecule has 6 atom stereocenters. The lowest BCUT2D eigenvalue weighted by Crippen LogP contribution is -2.25. The van der Waals surface area contributed by atoms with Crippen LogP contribution in [0.2, 0.25) is 0 Å². The minimum atomic E-state index is -0.304. The largest absolute Gasteiger partial charge is 0.466 e. The molecule has 2 saturated carbocycles. The van der Waals surface area contributed by atoms with Gasteiger partial charge in [0.05, 0.1) is 6.61 Å². The number of Topliss-reactive ketones (excluding diaryl/α,β-unsaturated/α-hetero) is 1. The molecule has 0 amide bonds. The van der Waals surface area contributed by atoms with Gasteiger partial charge in [-0.1, -0.05) is 50.1 Å². The molecule has 2 aliphatic carbocycles. The van der Waals surface area contributed by atoms with E-state index in [1.54, 1.807) is 0 Å². The van der Waals surface area contributed by atoms with Crippen LogP contribution in [0.1, 0.15) is 51.0 Å². The summed E-state index contributed by atoms with van der Waals surface area (Å²) in [4.78, 5) is 24.6. The fourth-order valence-electron chi connectivity index (χ4n) is 5.40. The summed E-state index contributed by atoms with van der Waals surface area (Å²) in [6.07, 6.45) is 3.77. The van der Waals surface area contributed by atoms with Crippen LogP contribution in [0.15, 0.2) is 30.3 Å². The summed E-state index contributed by atoms with van der Waals surface area (Å²) in [5.41, 5.74) is 1.21. The number of aliphatic hydroxyl groups is 1. The molecule has 1 N–H and O–H groups in total. The fraction of sp³-hybridized carbons (Fsp3) is 0.636. The Balaban J connectivity index is 1.93. The molecule has 0 aliphatic heterocycles. The highest BCUT2D eigenvalue weighted by Crippen LogP contribution is 2.58. The van der Waals surface area contributed by atoms with Gasteiger partial charge in [-0.15, -0.1) is 0 Å². The summed E-state index contributed by atoms with van der Waals surface area (Å²) in [7, 11) is 0. The number of fused-ring (bicyclic) bond motifs is 1. The van der Waals surface area contributed by atoms with E-state index in [9.17, 15) is 14.7 Å². The van der Waals surface area contributed by atoms with Crippen LogP contribution in [0.25, 0.3) is 0 Å². The fourth-order valence-corrected chi connectivity index (χ4v) is 5.40. The molecule has 0 saturated heterocycles. The number of hydrogen-bond acceptors (Lipinski definition) is 4. The highest BCUT2D eigenvalue weighted by Gasteiger charge is 2.58. The van der Waals surface area contributed by atoms with Crippen LogP contribution in [0.5, 0.6) is 0 Å². The van der Waals surface area contributed by atoms with E-state index < -0.39 is 0 Å². The van der Waals surface area contributed by atoms with Crippen molar-refractivity contribution >= 4 is 11.8 Å². The van der Waals surface area contributed by atoms with Gasteiger partial charge in [0, 0.05) is 31.3 Å². The maximum atomic E-state index is 13.4. The van der Waals surface area contributed by atoms with E-state index in [1.807, 2.05) is 18.2 Å². The van der Waals surface area contributed by atoms with Gasteiger partial charge in [-0.3, -0.25) is 9.59 Å². The normalized spacial score (nSPS) is 33.3. The zero-order valence-electron chi connectivity index (χ0n) is 15.8. The van der Waals surface area contributed by atoms with Crippen LogP contribution in [0, 0.1) is 29.6 Å². The van der Waals surface area contributed by atoms with Gasteiger partial charge >= 0.3 is 5.97 Å². The van der Waals surface area contributed by atoms with Crippen molar-refractivity contribution in [1.29, 1.82) is 0 Å². The van der Waals surface area contributed by atoms with Gasteiger partial charge in [-0.2, -0.15) is 0 Å². The molecule has 0 bridgehead atoms. The average molecular weight is 358 g/mol. The van der Waals surface area contributed by atoms with E-state index in [4.69, 9.17) is 4.74 Å². The molecule has 1 aromatic rings. The predicted octanol–water partition coefficient (Wildman–Crippen LogP) is 3.58. The summed E-state index contributed by atoms with van der Waals surface area (Å²) in [6, 6.07) is 10.3. The Morgan fingerprint density at radius 2 is 1.92 bits per heavy atom. The molecule has 4 heteroatoms. The smallest absolute Gasteiger partial charge is 0.302 e. The molecule has 0 spiro atoms. The monoisotopic (exact) mass is 358 g/mol. The van der Waals surface area contributed by atoms with E-state index >= 15 is 0 Å². The highest BCUT2D eigenvalue weighted by atomic mass is 16.5. The van der Waals surface area contributed by atoms with Gasteiger partial charge < -0.3 is 9.84 Å². The maximum Gasteiger partial charge on any atom is 0.302 e. The maximum absolute atomic E-state index is 13.4. The Labute approximate surface area is 155 Å². The molecule has 1 aromatic carbocycles. The minimum absolute atomic E-state index is 0.0153. The van der Waals surface area contributed by atoms with Crippen molar-refractivity contribution in [3.05, 3.63) is 35.9 Å². The first-order valence-corrected chi connectivity index (χ1v) is 9.91. The quantitative estimate of drug-likeness (QED) is 0.757.